The molecule has 1 heterocycles. The maximum atomic E-state index is 5.67. The van der Waals surface area contributed by atoms with Crippen LogP contribution in [0.15, 0.2) is 30.3 Å². The van der Waals surface area contributed by atoms with Gasteiger partial charge in [0.25, 0.3) is 0 Å². The molecule has 2 rings (SSSR count). The topological polar surface area (TPSA) is 61.0 Å². The second kappa shape index (κ2) is 7.13. The Hall–Kier alpha value is -2.01. The average Bonchev–Trinajstić information content (AvgIpc) is 2.46. The molecule has 1 aromatic heterocycles. The number of nitrogens with two attached hydrogens (primary N) is 1. The molecule has 0 aliphatic carbocycles. The van der Waals surface area contributed by atoms with Gasteiger partial charge >= 0.3 is 6.01 Å². The standard InChI is InChI=1S/C16H19N3OS/c1-3-4-5-12-6-8-13(9-7-12)20-16-18-11(2)10-14(19-16)15(17)21/h6-10H,3-5H2,1-2H3,(H2,17,21). The number of benzene rings is 1. The first-order chi connectivity index (χ1) is 10.1. The molecule has 0 aliphatic heterocycles. The second-order valence-corrected chi connectivity index (χ2v) is 5.33. The molecule has 2 N–H and O–H groups in total. The van der Waals surface area contributed by atoms with E-state index >= 15 is 0 Å². The van der Waals surface area contributed by atoms with Crippen LogP contribution in [0, 0.1) is 6.92 Å². The number of thiocarbonyl (C=S) groups is 1. The van der Waals surface area contributed by atoms with E-state index in [9.17, 15) is 0 Å². The zero-order valence-corrected chi connectivity index (χ0v) is 13.1. The van der Waals surface area contributed by atoms with Crippen molar-refractivity contribution in [3.8, 4) is 11.8 Å². The van der Waals surface area contributed by atoms with Gasteiger partial charge in [-0.3, -0.25) is 0 Å². The number of hydrogen-bond acceptors (Lipinski definition) is 4. The highest BCUT2D eigenvalue weighted by molar-refractivity contribution is 7.80. The predicted octanol–water partition coefficient (Wildman–Crippen LogP) is 3.55. The summed E-state index contributed by atoms with van der Waals surface area (Å²) < 4.78 is 5.67. The third-order valence-electron chi connectivity index (χ3n) is 3.04. The van der Waals surface area contributed by atoms with Gasteiger partial charge in [0, 0.05) is 5.69 Å². The molecule has 1 aromatic carbocycles. The molecule has 21 heavy (non-hydrogen) atoms. The van der Waals surface area contributed by atoms with Gasteiger partial charge in [-0.2, -0.15) is 4.98 Å². The molecule has 5 heteroatoms. The monoisotopic (exact) mass is 301 g/mol. The Kier molecular flexibility index (Phi) is 5.22. The molecule has 0 fully saturated rings. The number of nitrogens with zero attached hydrogens (tertiary/aromatic N) is 2. The van der Waals surface area contributed by atoms with Crippen LogP contribution in [-0.2, 0) is 6.42 Å². The summed E-state index contributed by atoms with van der Waals surface area (Å²) in [7, 11) is 0. The first-order valence-electron chi connectivity index (χ1n) is 7.00. The van der Waals surface area contributed by atoms with Gasteiger partial charge in [0.1, 0.15) is 16.4 Å². The van der Waals surface area contributed by atoms with Crippen LogP contribution in [0.2, 0.25) is 0 Å². The van der Waals surface area contributed by atoms with Crippen molar-refractivity contribution in [3.63, 3.8) is 0 Å². The fraction of sp³-hybridized carbons (Fsp3) is 0.312. The predicted molar refractivity (Wildman–Crippen MR) is 87.8 cm³/mol. The van der Waals surface area contributed by atoms with E-state index < -0.39 is 0 Å². The zero-order chi connectivity index (χ0) is 15.2. The van der Waals surface area contributed by atoms with Gasteiger partial charge in [0.05, 0.1) is 0 Å². The summed E-state index contributed by atoms with van der Waals surface area (Å²) in [5.74, 6) is 0.703. The molecule has 0 spiro atoms. The van der Waals surface area contributed by atoms with Gasteiger partial charge in [-0.25, -0.2) is 4.98 Å². The minimum atomic E-state index is 0.236. The highest BCUT2D eigenvalue weighted by Gasteiger charge is 2.06. The average molecular weight is 301 g/mol. The first kappa shape index (κ1) is 15.4. The van der Waals surface area contributed by atoms with Crippen molar-refractivity contribution in [1.29, 1.82) is 0 Å². The third kappa shape index (κ3) is 4.49. The second-order valence-electron chi connectivity index (χ2n) is 4.89. The molecule has 0 bridgehead atoms. The summed E-state index contributed by atoms with van der Waals surface area (Å²) in [6.07, 6.45) is 3.47. The Labute approximate surface area is 130 Å². The third-order valence-corrected chi connectivity index (χ3v) is 3.25. The van der Waals surface area contributed by atoms with Crippen molar-refractivity contribution < 1.29 is 4.74 Å². The minimum absolute atomic E-state index is 0.236. The van der Waals surface area contributed by atoms with Crippen LogP contribution >= 0.6 is 12.2 Å². The van der Waals surface area contributed by atoms with Crippen LogP contribution in [0.1, 0.15) is 36.7 Å². The normalized spacial score (nSPS) is 10.4. The smallest absolute Gasteiger partial charge is 0.322 e. The van der Waals surface area contributed by atoms with E-state index in [-0.39, 0.29) is 11.0 Å². The highest BCUT2D eigenvalue weighted by atomic mass is 32.1. The number of hydrogen-bond donors (Lipinski definition) is 1. The number of aromatic nitrogens is 2. The first-order valence-corrected chi connectivity index (χ1v) is 7.41. The van der Waals surface area contributed by atoms with E-state index in [1.54, 1.807) is 6.07 Å². The molecule has 0 unspecified atom stereocenters. The molecular weight excluding hydrogens is 282 g/mol. The largest absolute Gasteiger partial charge is 0.424 e. The number of ether oxygens (including phenoxy) is 1. The van der Waals surface area contributed by atoms with Crippen LogP contribution in [0.4, 0.5) is 0 Å². The summed E-state index contributed by atoms with van der Waals surface area (Å²) in [6, 6.07) is 9.99. The van der Waals surface area contributed by atoms with Gasteiger partial charge in [-0.05, 0) is 43.5 Å². The fourth-order valence-electron chi connectivity index (χ4n) is 1.92. The Morgan fingerprint density at radius 1 is 1.24 bits per heavy atom. The van der Waals surface area contributed by atoms with Crippen molar-refractivity contribution >= 4 is 17.2 Å². The van der Waals surface area contributed by atoms with Crippen molar-refractivity contribution in [3.05, 3.63) is 47.3 Å². The lowest BCUT2D eigenvalue weighted by molar-refractivity contribution is 0.440. The van der Waals surface area contributed by atoms with E-state index in [1.165, 1.54) is 18.4 Å². The maximum absolute atomic E-state index is 5.67. The van der Waals surface area contributed by atoms with E-state index in [0.717, 1.165) is 12.1 Å². The molecule has 0 saturated heterocycles. The SMILES string of the molecule is CCCCc1ccc(Oc2nc(C)cc(C(N)=S)n2)cc1. The lowest BCUT2D eigenvalue weighted by Gasteiger charge is -2.07. The Bertz CT molecular complexity index is 626. The van der Waals surface area contributed by atoms with Crippen LogP contribution in [-0.4, -0.2) is 15.0 Å². The van der Waals surface area contributed by atoms with Gasteiger partial charge in [0.15, 0.2) is 0 Å². The van der Waals surface area contributed by atoms with Crippen molar-refractivity contribution in [2.45, 2.75) is 33.1 Å². The molecule has 0 radical (unpaired) electrons. The minimum Gasteiger partial charge on any atom is -0.424 e. The Morgan fingerprint density at radius 2 is 1.95 bits per heavy atom. The van der Waals surface area contributed by atoms with E-state index in [2.05, 4.69) is 29.0 Å². The van der Waals surface area contributed by atoms with Crippen LogP contribution in [0.3, 0.4) is 0 Å². The summed E-state index contributed by atoms with van der Waals surface area (Å²) in [6.45, 7) is 4.04. The summed E-state index contributed by atoms with van der Waals surface area (Å²) in [5, 5.41) is 0. The molecule has 0 saturated carbocycles. The van der Waals surface area contributed by atoms with E-state index in [0.29, 0.717) is 11.4 Å². The van der Waals surface area contributed by atoms with Crippen LogP contribution in [0.25, 0.3) is 0 Å². The highest BCUT2D eigenvalue weighted by Crippen LogP contribution is 2.19. The van der Waals surface area contributed by atoms with Crippen LogP contribution in [0.5, 0.6) is 11.8 Å². The number of rotatable bonds is 6. The Balaban J connectivity index is 2.12. The quantitative estimate of drug-likeness (QED) is 0.827. The van der Waals surface area contributed by atoms with Crippen LogP contribution < -0.4 is 10.5 Å². The molecule has 110 valence electrons. The number of aryl methyl sites for hydroxylation is 2. The number of unbranched alkanes of at least 4 members (excludes halogenated alkanes) is 1. The van der Waals surface area contributed by atoms with E-state index in [4.69, 9.17) is 22.7 Å². The molecule has 4 nitrogen and oxygen atoms in total. The van der Waals surface area contributed by atoms with Crippen molar-refractivity contribution in [2.24, 2.45) is 5.73 Å². The molecule has 0 aliphatic rings. The maximum Gasteiger partial charge on any atom is 0.322 e. The summed E-state index contributed by atoms with van der Waals surface area (Å²) in [4.78, 5) is 8.67. The summed E-state index contributed by atoms with van der Waals surface area (Å²) >= 11 is 4.94. The molecular formula is C16H19N3OS. The molecule has 0 atom stereocenters. The molecule has 0 amide bonds. The van der Waals surface area contributed by atoms with E-state index in [1.807, 2.05) is 19.1 Å². The fourth-order valence-corrected chi connectivity index (χ4v) is 2.03. The lowest BCUT2D eigenvalue weighted by atomic mass is 10.1. The van der Waals surface area contributed by atoms with Gasteiger partial charge in [-0.15, -0.1) is 0 Å². The zero-order valence-electron chi connectivity index (χ0n) is 12.3. The van der Waals surface area contributed by atoms with Gasteiger partial charge in [0.2, 0.25) is 0 Å². The lowest BCUT2D eigenvalue weighted by Crippen LogP contribution is -2.13. The van der Waals surface area contributed by atoms with Crippen molar-refractivity contribution in [1.82, 2.24) is 9.97 Å². The Morgan fingerprint density at radius 3 is 2.57 bits per heavy atom. The summed E-state index contributed by atoms with van der Waals surface area (Å²) in [5.41, 5.74) is 8.19. The van der Waals surface area contributed by atoms with Gasteiger partial charge < -0.3 is 10.5 Å². The van der Waals surface area contributed by atoms with Crippen molar-refractivity contribution in [2.75, 3.05) is 0 Å². The molecule has 2 aromatic rings. The van der Waals surface area contributed by atoms with Gasteiger partial charge in [-0.1, -0.05) is 37.7 Å².